The molecule has 1 saturated heterocycles. The Bertz CT molecular complexity index is 685. The lowest BCUT2D eigenvalue weighted by atomic mass is 10.2. The Kier molecular flexibility index (Phi) is 7.35. The Morgan fingerprint density at radius 3 is 3.00 bits per heavy atom. The Hall–Kier alpha value is -0.590. The van der Waals surface area contributed by atoms with Gasteiger partial charge in [-0.1, -0.05) is 21.6 Å². The van der Waals surface area contributed by atoms with Gasteiger partial charge in [0, 0.05) is 12.6 Å². The maximum Gasteiger partial charge on any atom is 0.351 e. The Labute approximate surface area is 152 Å². The van der Waals surface area contributed by atoms with Gasteiger partial charge in [0.2, 0.25) is 0 Å². The minimum Gasteiger partial charge on any atom is -0.756 e. The van der Waals surface area contributed by atoms with E-state index < -0.39 is 38.6 Å². The molecule has 2 heterocycles. The summed E-state index contributed by atoms with van der Waals surface area (Å²) in [6, 6.07) is 1.45. The lowest BCUT2D eigenvalue weighted by Gasteiger charge is -2.24. The maximum absolute atomic E-state index is 12.0. The third kappa shape index (κ3) is 6.26. The number of rotatable bonds is 8. The van der Waals surface area contributed by atoms with Crippen molar-refractivity contribution in [2.24, 2.45) is 0 Å². The highest BCUT2D eigenvalue weighted by atomic mass is 33.1. The van der Waals surface area contributed by atoms with Gasteiger partial charge in [-0.05, 0) is 19.2 Å². The van der Waals surface area contributed by atoms with E-state index in [0.29, 0.717) is 0 Å². The molecule has 10 nitrogen and oxygen atoms in total. The van der Waals surface area contributed by atoms with Crippen LogP contribution in [0.4, 0.5) is 5.82 Å². The van der Waals surface area contributed by atoms with Crippen molar-refractivity contribution in [1.29, 1.82) is 0 Å². The quantitative estimate of drug-likeness (QED) is 0.345. The summed E-state index contributed by atoms with van der Waals surface area (Å²) in [4.78, 5) is 35.2. The molecule has 0 spiro atoms. The Morgan fingerprint density at radius 2 is 2.40 bits per heavy atom. The molecule has 1 aromatic heterocycles. The fraction of sp³-hybridized carbons (Fsp3) is 0.667. The van der Waals surface area contributed by atoms with Crippen molar-refractivity contribution >= 4 is 35.2 Å². The van der Waals surface area contributed by atoms with Crippen molar-refractivity contribution in [3.8, 4) is 0 Å². The number of hydrogen-bond acceptors (Lipinski definition) is 10. The summed E-state index contributed by atoms with van der Waals surface area (Å²) in [5.74, 6) is 0.0875. The van der Waals surface area contributed by atoms with Gasteiger partial charge in [0.1, 0.15) is 23.6 Å². The van der Waals surface area contributed by atoms with Gasteiger partial charge in [0.05, 0.1) is 12.7 Å². The maximum atomic E-state index is 12.0. The first-order valence-electron chi connectivity index (χ1n) is 7.23. The number of nitrogen functional groups attached to an aromatic ring is 1. The normalized spacial score (nSPS) is 27.1. The molecule has 13 heteroatoms. The van der Waals surface area contributed by atoms with Crippen LogP contribution in [0.2, 0.25) is 0 Å². The summed E-state index contributed by atoms with van der Waals surface area (Å²) in [6.45, 7) is 1.42. The molecule has 142 valence electrons. The summed E-state index contributed by atoms with van der Waals surface area (Å²) in [7, 11) is -1.89. The molecule has 1 aliphatic heterocycles. The van der Waals surface area contributed by atoms with Crippen LogP contribution < -0.4 is 16.3 Å². The van der Waals surface area contributed by atoms with E-state index in [2.05, 4.69) is 9.51 Å². The van der Waals surface area contributed by atoms with E-state index in [1.54, 1.807) is 0 Å². The molecule has 3 N–H and O–H groups in total. The van der Waals surface area contributed by atoms with Gasteiger partial charge in [-0.15, -0.1) is 0 Å². The number of aromatic nitrogens is 2. The average molecular weight is 412 g/mol. The van der Waals surface area contributed by atoms with Crippen LogP contribution in [0.3, 0.4) is 0 Å². The first-order chi connectivity index (χ1) is 11.7. The zero-order valence-corrected chi connectivity index (χ0v) is 16.0. The van der Waals surface area contributed by atoms with Gasteiger partial charge in [0.25, 0.3) is 7.82 Å². The predicted molar refractivity (Wildman–Crippen MR) is 92.7 cm³/mol. The van der Waals surface area contributed by atoms with Crippen LogP contribution in [0.15, 0.2) is 17.1 Å². The first-order valence-corrected chi connectivity index (χ1v) is 11.3. The lowest BCUT2D eigenvalue weighted by molar-refractivity contribution is -0.223. The fourth-order valence-electron chi connectivity index (χ4n) is 2.38. The van der Waals surface area contributed by atoms with Crippen molar-refractivity contribution in [1.82, 2.24) is 9.55 Å². The molecule has 2 unspecified atom stereocenters. The van der Waals surface area contributed by atoms with Crippen molar-refractivity contribution < 1.29 is 28.3 Å². The largest absolute Gasteiger partial charge is 0.756 e. The number of hydrogen-bond donors (Lipinski definition) is 2. The number of phosphoric ester groups is 1. The summed E-state index contributed by atoms with van der Waals surface area (Å²) in [5, 5.41) is 0. The molecular formula is C12H19N3O7PS2-. The third-order valence-corrected chi connectivity index (χ3v) is 5.78. The van der Waals surface area contributed by atoms with Gasteiger partial charge < -0.3 is 29.5 Å². The molecule has 0 aliphatic carbocycles. The molecule has 0 aromatic carbocycles. The minimum absolute atomic E-state index is 0.0875. The van der Waals surface area contributed by atoms with Gasteiger partial charge >= 0.3 is 5.69 Å². The molecule has 0 amide bonds. The number of ether oxygens (including phenoxy) is 2. The number of nitrogens with zero attached hydrogens (tertiary/aromatic N) is 2. The molecule has 0 bridgehead atoms. The van der Waals surface area contributed by atoms with E-state index >= 15 is 0 Å². The highest BCUT2D eigenvalue weighted by Crippen LogP contribution is 2.37. The molecule has 2 rings (SSSR count). The van der Waals surface area contributed by atoms with Crippen LogP contribution in [0.5, 0.6) is 0 Å². The van der Waals surface area contributed by atoms with Crippen LogP contribution in [-0.4, -0.2) is 45.0 Å². The second-order valence-electron chi connectivity index (χ2n) is 5.18. The van der Waals surface area contributed by atoms with Gasteiger partial charge in [-0.25, -0.2) is 4.79 Å². The SMILES string of the molecule is CSS[C@H](C)OC1C[C@H](n2ccc(N)nc2=O)O[C@@H]1COP(=O)([O-])O. The highest BCUT2D eigenvalue weighted by Gasteiger charge is 2.39. The second kappa shape index (κ2) is 8.87. The van der Waals surface area contributed by atoms with Gasteiger partial charge in [-0.3, -0.25) is 9.13 Å². The Balaban J connectivity index is 2.13. The number of nitrogens with two attached hydrogens (primary N) is 1. The van der Waals surface area contributed by atoms with Crippen LogP contribution in [0.25, 0.3) is 0 Å². The van der Waals surface area contributed by atoms with Crippen LogP contribution in [0.1, 0.15) is 19.6 Å². The van der Waals surface area contributed by atoms with Crippen molar-refractivity contribution in [3.63, 3.8) is 0 Å². The highest BCUT2D eigenvalue weighted by molar-refractivity contribution is 8.76. The zero-order valence-electron chi connectivity index (χ0n) is 13.5. The zero-order chi connectivity index (χ0) is 18.6. The summed E-state index contributed by atoms with van der Waals surface area (Å²) < 4.78 is 28.1. The molecule has 25 heavy (non-hydrogen) atoms. The van der Waals surface area contributed by atoms with Crippen LogP contribution >= 0.6 is 29.4 Å². The monoisotopic (exact) mass is 412 g/mol. The summed E-state index contributed by atoms with van der Waals surface area (Å²) in [6.07, 6.45) is 1.60. The number of anilines is 1. The standard InChI is InChI=1S/C12H20N3O7PS2/c1-7(25-24-2)21-8-5-11(15-4-3-10(13)14-12(15)16)22-9(8)6-20-23(17,18)19/h3-4,7-9,11H,5-6H2,1-2H3,(H2,13,14,16)(H2,17,18,19)/p-1/t7-,8?,9-,11-/m1/s1. The van der Waals surface area contributed by atoms with E-state index in [0.717, 1.165) is 0 Å². The van der Waals surface area contributed by atoms with Crippen LogP contribution in [0, 0.1) is 0 Å². The van der Waals surface area contributed by atoms with Crippen molar-refractivity contribution in [2.75, 3.05) is 18.6 Å². The van der Waals surface area contributed by atoms with Gasteiger partial charge in [0.15, 0.2) is 0 Å². The molecule has 1 aliphatic rings. The summed E-state index contributed by atoms with van der Waals surface area (Å²) in [5.41, 5.74) is 4.68. The van der Waals surface area contributed by atoms with Gasteiger partial charge in [-0.2, -0.15) is 4.98 Å². The van der Waals surface area contributed by atoms with E-state index in [9.17, 15) is 14.3 Å². The van der Waals surface area contributed by atoms with Crippen molar-refractivity contribution in [2.45, 2.75) is 37.2 Å². The summed E-state index contributed by atoms with van der Waals surface area (Å²) >= 11 is 0. The fourth-order valence-corrected chi connectivity index (χ4v) is 4.12. The topological polar surface area (TPSA) is 149 Å². The van der Waals surface area contributed by atoms with E-state index in [4.69, 9.17) is 20.1 Å². The smallest absolute Gasteiger partial charge is 0.351 e. The first kappa shape index (κ1) is 20.7. The average Bonchev–Trinajstić information content (AvgIpc) is 2.87. The molecular weight excluding hydrogens is 393 g/mol. The number of phosphoric acid groups is 1. The van der Waals surface area contributed by atoms with E-state index in [1.165, 1.54) is 38.4 Å². The molecule has 1 fully saturated rings. The lowest BCUT2D eigenvalue weighted by Crippen LogP contribution is -2.31. The molecule has 0 saturated carbocycles. The Morgan fingerprint density at radius 1 is 1.68 bits per heavy atom. The third-order valence-electron chi connectivity index (χ3n) is 3.34. The molecule has 1 aromatic rings. The minimum atomic E-state index is -4.89. The second-order valence-corrected chi connectivity index (χ2v) is 9.14. The van der Waals surface area contributed by atoms with E-state index in [-0.39, 0.29) is 17.7 Å². The molecule has 5 atom stereocenters. The van der Waals surface area contributed by atoms with E-state index in [1.807, 2.05) is 13.2 Å². The predicted octanol–water partition coefficient (Wildman–Crippen LogP) is 0.333. The van der Waals surface area contributed by atoms with Crippen molar-refractivity contribution in [3.05, 3.63) is 22.7 Å². The molecule has 0 radical (unpaired) electrons. The van der Waals surface area contributed by atoms with Crippen LogP contribution in [-0.2, 0) is 18.6 Å².